The number of anilines is 1. The Morgan fingerprint density at radius 1 is 1.15 bits per heavy atom. The second kappa shape index (κ2) is 6.61. The Morgan fingerprint density at radius 3 is 2.60 bits per heavy atom. The maximum absolute atomic E-state index is 11.3. The first-order chi connectivity index (χ1) is 9.68. The van der Waals surface area contributed by atoms with Crippen molar-refractivity contribution in [2.24, 2.45) is 5.73 Å². The number of primary amides is 1. The SMILES string of the molecule is Cc1ccccc1OCCNc1ccccc1C(N)=O. The van der Waals surface area contributed by atoms with Gasteiger partial charge in [0.2, 0.25) is 0 Å². The van der Waals surface area contributed by atoms with Crippen LogP contribution in [0.4, 0.5) is 5.69 Å². The van der Waals surface area contributed by atoms with Gasteiger partial charge in [-0.2, -0.15) is 0 Å². The first-order valence-electron chi connectivity index (χ1n) is 6.49. The van der Waals surface area contributed by atoms with Gasteiger partial charge < -0.3 is 15.8 Å². The van der Waals surface area contributed by atoms with E-state index in [9.17, 15) is 4.79 Å². The van der Waals surface area contributed by atoms with E-state index < -0.39 is 5.91 Å². The van der Waals surface area contributed by atoms with E-state index in [1.54, 1.807) is 12.1 Å². The number of carbonyl (C=O) groups excluding carboxylic acids is 1. The molecule has 2 rings (SSSR count). The van der Waals surface area contributed by atoms with E-state index in [0.29, 0.717) is 18.7 Å². The van der Waals surface area contributed by atoms with Crippen LogP contribution < -0.4 is 15.8 Å². The molecule has 0 aliphatic rings. The van der Waals surface area contributed by atoms with Crippen LogP contribution in [0.1, 0.15) is 15.9 Å². The molecule has 0 heterocycles. The number of para-hydroxylation sites is 2. The summed E-state index contributed by atoms with van der Waals surface area (Å²) in [6.07, 6.45) is 0. The van der Waals surface area contributed by atoms with E-state index in [4.69, 9.17) is 10.5 Å². The molecule has 0 atom stereocenters. The number of ether oxygens (including phenoxy) is 1. The van der Waals surface area contributed by atoms with Crippen molar-refractivity contribution < 1.29 is 9.53 Å². The maximum Gasteiger partial charge on any atom is 0.250 e. The Labute approximate surface area is 118 Å². The van der Waals surface area contributed by atoms with Crippen molar-refractivity contribution in [3.05, 3.63) is 59.7 Å². The number of benzene rings is 2. The molecule has 2 aromatic rings. The van der Waals surface area contributed by atoms with Crippen molar-refractivity contribution in [2.75, 3.05) is 18.5 Å². The summed E-state index contributed by atoms with van der Waals surface area (Å²) >= 11 is 0. The fourth-order valence-corrected chi connectivity index (χ4v) is 1.92. The molecule has 0 bridgehead atoms. The van der Waals surface area contributed by atoms with Crippen LogP contribution in [0.25, 0.3) is 0 Å². The number of nitrogens with one attached hydrogen (secondary N) is 1. The summed E-state index contributed by atoms with van der Waals surface area (Å²) in [5.41, 5.74) is 7.64. The van der Waals surface area contributed by atoms with Crippen molar-refractivity contribution in [3.8, 4) is 5.75 Å². The van der Waals surface area contributed by atoms with Gasteiger partial charge in [-0.05, 0) is 30.7 Å². The molecular formula is C16H18N2O2. The van der Waals surface area contributed by atoms with Gasteiger partial charge in [0.1, 0.15) is 12.4 Å². The van der Waals surface area contributed by atoms with Gasteiger partial charge >= 0.3 is 0 Å². The summed E-state index contributed by atoms with van der Waals surface area (Å²) in [4.78, 5) is 11.3. The Bertz CT molecular complexity index is 597. The molecule has 104 valence electrons. The molecule has 0 fully saturated rings. The monoisotopic (exact) mass is 270 g/mol. The van der Waals surface area contributed by atoms with Crippen molar-refractivity contribution >= 4 is 11.6 Å². The van der Waals surface area contributed by atoms with Crippen molar-refractivity contribution in [2.45, 2.75) is 6.92 Å². The molecule has 0 radical (unpaired) electrons. The number of hydrogen-bond donors (Lipinski definition) is 2. The van der Waals surface area contributed by atoms with Crippen molar-refractivity contribution in [1.29, 1.82) is 0 Å². The lowest BCUT2D eigenvalue weighted by molar-refractivity contribution is 0.100. The van der Waals surface area contributed by atoms with Crippen molar-refractivity contribution in [1.82, 2.24) is 0 Å². The minimum absolute atomic E-state index is 0.437. The number of aryl methyl sites for hydroxylation is 1. The minimum atomic E-state index is -0.437. The quantitative estimate of drug-likeness (QED) is 0.793. The Kier molecular flexibility index (Phi) is 4.60. The third-order valence-corrected chi connectivity index (χ3v) is 2.96. The van der Waals surface area contributed by atoms with E-state index >= 15 is 0 Å². The van der Waals surface area contributed by atoms with E-state index in [1.165, 1.54) is 0 Å². The second-order valence-electron chi connectivity index (χ2n) is 4.45. The molecule has 0 aliphatic carbocycles. The molecule has 0 saturated heterocycles. The van der Waals surface area contributed by atoms with Gasteiger partial charge in [0, 0.05) is 12.2 Å². The lowest BCUT2D eigenvalue weighted by Crippen LogP contribution is -2.17. The van der Waals surface area contributed by atoms with Crippen LogP contribution in [0.2, 0.25) is 0 Å². The molecule has 0 aliphatic heterocycles. The molecule has 2 aromatic carbocycles. The average Bonchev–Trinajstić information content (AvgIpc) is 2.45. The van der Waals surface area contributed by atoms with Gasteiger partial charge in [-0.3, -0.25) is 4.79 Å². The van der Waals surface area contributed by atoms with Gasteiger partial charge in [0.25, 0.3) is 5.91 Å². The fourth-order valence-electron chi connectivity index (χ4n) is 1.92. The molecule has 3 N–H and O–H groups in total. The minimum Gasteiger partial charge on any atom is -0.491 e. The average molecular weight is 270 g/mol. The summed E-state index contributed by atoms with van der Waals surface area (Å²) in [7, 11) is 0. The van der Waals surface area contributed by atoms with Crippen LogP contribution in [0.3, 0.4) is 0 Å². The van der Waals surface area contributed by atoms with Gasteiger partial charge in [-0.15, -0.1) is 0 Å². The summed E-state index contributed by atoms with van der Waals surface area (Å²) < 4.78 is 5.68. The lowest BCUT2D eigenvalue weighted by atomic mass is 10.1. The highest BCUT2D eigenvalue weighted by atomic mass is 16.5. The third kappa shape index (κ3) is 3.51. The molecule has 1 amide bonds. The number of carbonyl (C=O) groups is 1. The molecule has 0 saturated carbocycles. The number of nitrogens with two attached hydrogens (primary N) is 1. The zero-order valence-electron chi connectivity index (χ0n) is 11.4. The molecule has 4 nitrogen and oxygen atoms in total. The smallest absolute Gasteiger partial charge is 0.250 e. The second-order valence-corrected chi connectivity index (χ2v) is 4.45. The van der Waals surface area contributed by atoms with Crippen LogP contribution >= 0.6 is 0 Å². The zero-order chi connectivity index (χ0) is 14.4. The largest absolute Gasteiger partial charge is 0.491 e. The van der Waals surface area contributed by atoms with Gasteiger partial charge in [-0.25, -0.2) is 0 Å². The molecular weight excluding hydrogens is 252 g/mol. The van der Waals surface area contributed by atoms with Crippen LogP contribution in [0.5, 0.6) is 5.75 Å². The van der Waals surface area contributed by atoms with E-state index in [0.717, 1.165) is 17.0 Å². The van der Waals surface area contributed by atoms with E-state index in [-0.39, 0.29) is 0 Å². The summed E-state index contributed by atoms with van der Waals surface area (Å²) in [5.74, 6) is 0.436. The predicted octanol–water partition coefficient (Wildman–Crippen LogP) is 2.58. The van der Waals surface area contributed by atoms with Crippen molar-refractivity contribution in [3.63, 3.8) is 0 Å². The van der Waals surface area contributed by atoms with Gasteiger partial charge in [-0.1, -0.05) is 30.3 Å². The summed E-state index contributed by atoms with van der Waals surface area (Å²) in [5, 5.41) is 3.16. The number of amides is 1. The lowest BCUT2D eigenvalue weighted by Gasteiger charge is -2.12. The Hall–Kier alpha value is -2.49. The van der Waals surface area contributed by atoms with Crippen LogP contribution in [-0.2, 0) is 0 Å². The first-order valence-corrected chi connectivity index (χ1v) is 6.49. The summed E-state index contributed by atoms with van der Waals surface area (Å²) in [6, 6.07) is 15.0. The van der Waals surface area contributed by atoms with Gasteiger partial charge in [0.15, 0.2) is 0 Å². The zero-order valence-corrected chi connectivity index (χ0v) is 11.4. The summed E-state index contributed by atoms with van der Waals surface area (Å²) in [6.45, 7) is 3.11. The first kappa shape index (κ1) is 13.9. The topological polar surface area (TPSA) is 64.3 Å². The molecule has 20 heavy (non-hydrogen) atoms. The predicted molar refractivity (Wildman–Crippen MR) is 80.1 cm³/mol. The molecule has 0 unspecified atom stereocenters. The molecule has 0 spiro atoms. The number of hydrogen-bond acceptors (Lipinski definition) is 3. The Balaban J connectivity index is 1.88. The fraction of sp³-hybridized carbons (Fsp3) is 0.188. The standard InChI is InChI=1S/C16H18N2O2/c1-12-6-2-5-9-15(12)20-11-10-18-14-8-4-3-7-13(14)16(17)19/h2-9,18H,10-11H2,1H3,(H2,17,19). The third-order valence-electron chi connectivity index (χ3n) is 2.96. The molecule has 4 heteroatoms. The highest BCUT2D eigenvalue weighted by Crippen LogP contribution is 2.16. The van der Waals surface area contributed by atoms with Crippen LogP contribution in [-0.4, -0.2) is 19.1 Å². The maximum atomic E-state index is 11.3. The van der Waals surface area contributed by atoms with Gasteiger partial charge in [0.05, 0.1) is 5.56 Å². The highest BCUT2D eigenvalue weighted by molar-refractivity contribution is 5.98. The van der Waals surface area contributed by atoms with E-state index in [1.807, 2.05) is 43.3 Å². The molecule has 0 aromatic heterocycles. The van der Waals surface area contributed by atoms with Crippen LogP contribution in [0.15, 0.2) is 48.5 Å². The van der Waals surface area contributed by atoms with E-state index in [2.05, 4.69) is 5.32 Å². The van der Waals surface area contributed by atoms with Crippen LogP contribution in [0, 0.1) is 6.92 Å². The normalized spacial score (nSPS) is 10.1. The Morgan fingerprint density at radius 2 is 1.85 bits per heavy atom. The number of rotatable bonds is 6. The highest BCUT2D eigenvalue weighted by Gasteiger charge is 2.06.